The molecule has 0 aliphatic carbocycles. The summed E-state index contributed by atoms with van der Waals surface area (Å²) >= 11 is 6.98. The molecule has 1 amide bonds. The van der Waals surface area contributed by atoms with Crippen LogP contribution < -0.4 is 19.6 Å². The zero-order valence-electron chi connectivity index (χ0n) is 17.6. The molecule has 0 saturated carbocycles. The highest BCUT2D eigenvalue weighted by atomic mass is 79.9. The van der Waals surface area contributed by atoms with Gasteiger partial charge in [0, 0.05) is 10.0 Å². The van der Waals surface area contributed by atoms with E-state index in [2.05, 4.69) is 42.4 Å². The number of carbonyl (C=O) groups excluding carboxylic acids is 1. The monoisotopic (exact) mass is 560 g/mol. The van der Waals surface area contributed by atoms with Crippen LogP contribution in [0.3, 0.4) is 0 Å². The summed E-state index contributed by atoms with van der Waals surface area (Å²) in [6.07, 6.45) is 1.55. The largest absolute Gasteiger partial charge is 0.497 e. The van der Waals surface area contributed by atoms with E-state index in [4.69, 9.17) is 14.2 Å². The lowest BCUT2D eigenvalue weighted by Crippen LogP contribution is -2.17. The van der Waals surface area contributed by atoms with Crippen molar-refractivity contribution in [3.63, 3.8) is 0 Å². The van der Waals surface area contributed by atoms with Gasteiger partial charge in [-0.15, -0.1) is 0 Å². The predicted molar refractivity (Wildman–Crippen MR) is 132 cm³/mol. The molecule has 0 fully saturated rings. The first-order valence-corrected chi connectivity index (χ1v) is 11.4. The van der Waals surface area contributed by atoms with E-state index in [0.29, 0.717) is 36.0 Å². The average Bonchev–Trinajstić information content (AvgIpc) is 2.80. The molecule has 3 rings (SSSR count). The van der Waals surface area contributed by atoms with Crippen molar-refractivity contribution < 1.29 is 19.0 Å². The molecule has 3 aromatic carbocycles. The number of hydrazone groups is 1. The molecular weight excluding hydrogens is 540 g/mol. The Morgan fingerprint density at radius 3 is 2.41 bits per heavy atom. The van der Waals surface area contributed by atoms with Gasteiger partial charge in [0.15, 0.2) is 11.5 Å². The van der Waals surface area contributed by atoms with Gasteiger partial charge < -0.3 is 14.2 Å². The molecule has 166 valence electrons. The number of nitrogens with zero attached hydrogens (tertiary/aromatic N) is 1. The van der Waals surface area contributed by atoms with Gasteiger partial charge in [-0.3, -0.25) is 4.79 Å². The quantitative estimate of drug-likeness (QED) is 0.258. The second-order valence-corrected chi connectivity index (χ2v) is 8.38. The summed E-state index contributed by atoms with van der Waals surface area (Å²) in [7, 11) is 1.57. The molecule has 0 aliphatic heterocycles. The van der Waals surface area contributed by atoms with Gasteiger partial charge >= 0.3 is 0 Å². The summed E-state index contributed by atoms with van der Waals surface area (Å²) in [5.74, 6) is 1.55. The van der Waals surface area contributed by atoms with Crippen molar-refractivity contribution >= 4 is 44.0 Å². The highest BCUT2D eigenvalue weighted by Gasteiger charge is 2.12. The Hall–Kier alpha value is -2.84. The first-order chi connectivity index (χ1) is 15.5. The van der Waals surface area contributed by atoms with Crippen molar-refractivity contribution in [2.75, 3.05) is 13.7 Å². The lowest BCUT2D eigenvalue weighted by molar-refractivity contribution is 0.0955. The van der Waals surface area contributed by atoms with Crippen molar-refractivity contribution in [2.45, 2.75) is 13.5 Å². The Bertz CT molecular complexity index is 1080. The number of carbonyl (C=O) groups is 1. The molecule has 0 aromatic heterocycles. The Balaban J connectivity index is 1.69. The Morgan fingerprint density at radius 2 is 1.75 bits per heavy atom. The number of rotatable bonds is 9. The molecule has 0 radical (unpaired) electrons. The number of halogens is 2. The van der Waals surface area contributed by atoms with Crippen LogP contribution in [-0.2, 0) is 6.61 Å². The molecule has 0 heterocycles. The maximum Gasteiger partial charge on any atom is 0.271 e. The summed E-state index contributed by atoms with van der Waals surface area (Å²) in [5.41, 5.74) is 4.78. The smallest absolute Gasteiger partial charge is 0.271 e. The van der Waals surface area contributed by atoms with Crippen molar-refractivity contribution in [3.05, 3.63) is 86.3 Å². The van der Waals surface area contributed by atoms with Gasteiger partial charge in [-0.1, -0.05) is 28.1 Å². The lowest BCUT2D eigenvalue weighted by atomic mass is 10.2. The van der Waals surface area contributed by atoms with E-state index < -0.39 is 0 Å². The lowest BCUT2D eigenvalue weighted by Gasteiger charge is -2.14. The van der Waals surface area contributed by atoms with Crippen LogP contribution in [0.4, 0.5) is 0 Å². The van der Waals surface area contributed by atoms with Crippen LogP contribution in [0.1, 0.15) is 28.4 Å². The van der Waals surface area contributed by atoms with Gasteiger partial charge in [0.05, 0.1) is 24.4 Å². The van der Waals surface area contributed by atoms with E-state index in [0.717, 1.165) is 20.1 Å². The van der Waals surface area contributed by atoms with Gasteiger partial charge in [0.25, 0.3) is 5.91 Å². The Kier molecular flexibility index (Phi) is 8.70. The van der Waals surface area contributed by atoms with Crippen LogP contribution in [0.15, 0.2) is 74.7 Å². The van der Waals surface area contributed by atoms with Gasteiger partial charge in [0.1, 0.15) is 12.4 Å². The number of hydrogen-bond donors (Lipinski definition) is 1. The SMILES string of the molecule is CCOc1cc(/C=N/NC(=O)c2ccc(OC)cc2)cc(Br)c1OCc1ccc(Br)cc1. The van der Waals surface area contributed by atoms with E-state index >= 15 is 0 Å². The summed E-state index contributed by atoms with van der Waals surface area (Å²) in [4.78, 5) is 12.2. The Labute approximate surface area is 203 Å². The minimum Gasteiger partial charge on any atom is -0.497 e. The summed E-state index contributed by atoms with van der Waals surface area (Å²) < 4.78 is 18.6. The molecule has 0 spiro atoms. The highest BCUT2D eigenvalue weighted by molar-refractivity contribution is 9.10. The second kappa shape index (κ2) is 11.7. The van der Waals surface area contributed by atoms with Gasteiger partial charge in [-0.2, -0.15) is 5.10 Å². The maximum absolute atomic E-state index is 12.2. The third-order valence-corrected chi connectivity index (χ3v) is 5.48. The minimum atomic E-state index is -0.317. The van der Waals surface area contributed by atoms with Crippen molar-refractivity contribution in [3.8, 4) is 17.2 Å². The topological polar surface area (TPSA) is 69.2 Å². The fraction of sp³-hybridized carbons (Fsp3) is 0.167. The van der Waals surface area contributed by atoms with Crippen molar-refractivity contribution in [1.82, 2.24) is 5.43 Å². The van der Waals surface area contributed by atoms with Gasteiger partial charge in [-0.05, 0) is 82.5 Å². The van der Waals surface area contributed by atoms with Crippen LogP contribution in [-0.4, -0.2) is 25.8 Å². The molecular formula is C24H22Br2N2O4. The molecule has 1 N–H and O–H groups in total. The molecule has 0 bridgehead atoms. The molecule has 3 aromatic rings. The first kappa shape index (κ1) is 23.8. The van der Waals surface area contributed by atoms with Crippen molar-refractivity contribution in [2.24, 2.45) is 5.10 Å². The summed E-state index contributed by atoms with van der Waals surface area (Å²) in [5, 5.41) is 4.06. The van der Waals surface area contributed by atoms with E-state index in [1.165, 1.54) is 0 Å². The van der Waals surface area contributed by atoms with Crippen LogP contribution in [0.2, 0.25) is 0 Å². The highest BCUT2D eigenvalue weighted by Crippen LogP contribution is 2.37. The van der Waals surface area contributed by atoms with Crippen LogP contribution >= 0.6 is 31.9 Å². The molecule has 6 nitrogen and oxygen atoms in total. The van der Waals surface area contributed by atoms with E-state index in [1.807, 2.05) is 43.3 Å². The number of amides is 1. The molecule has 0 atom stereocenters. The van der Waals surface area contributed by atoms with E-state index in [9.17, 15) is 4.79 Å². The standard InChI is InChI=1S/C24H22Br2N2O4/c1-3-31-22-13-17(14-27-28-24(29)18-6-10-20(30-2)11-7-18)12-21(26)23(22)32-15-16-4-8-19(25)9-5-16/h4-14H,3,15H2,1-2H3,(H,28,29)/b27-14+. The average molecular weight is 562 g/mol. The molecule has 0 saturated heterocycles. The molecule has 32 heavy (non-hydrogen) atoms. The molecule has 0 unspecified atom stereocenters. The van der Waals surface area contributed by atoms with Crippen molar-refractivity contribution in [1.29, 1.82) is 0 Å². The Morgan fingerprint density at radius 1 is 1.03 bits per heavy atom. The molecule has 0 aliphatic rings. The van der Waals surface area contributed by atoms with Gasteiger partial charge in [-0.25, -0.2) is 5.43 Å². The minimum absolute atomic E-state index is 0.317. The first-order valence-electron chi connectivity index (χ1n) is 9.81. The van der Waals surface area contributed by atoms with Crippen LogP contribution in [0.25, 0.3) is 0 Å². The number of nitrogens with one attached hydrogen (secondary N) is 1. The summed E-state index contributed by atoms with van der Waals surface area (Å²) in [6.45, 7) is 2.79. The normalized spacial score (nSPS) is 10.8. The third-order valence-electron chi connectivity index (χ3n) is 4.36. The van der Waals surface area contributed by atoms with Gasteiger partial charge in [0.2, 0.25) is 0 Å². The maximum atomic E-state index is 12.2. The predicted octanol–water partition coefficient (Wildman–Crippen LogP) is 5.96. The second-order valence-electron chi connectivity index (χ2n) is 6.61. The van der Waals surface area contributed by atoms with E-state index in [1.54, 1.807) is 37.6 Å². The number of benzene rings is 3. The fourth-order valence-electron chi connectivity index (χ4n) is 2.77. The molecule has 8 heteroatoms. The number of ether oxygens (including phenoxy) is 3. The van der Waals surface area contributed by atoms with E-state index in [-0.39, 0.29) is 5.91 Å². The number of methoxy groups -OCH3 is 1. The van der Waals surface area contributed by atoms with Crippen LogP contribution in [0, 0.1) is 0 Å². The number of hydrogen-bond acceptors (Lipinski definition) is 5. The zero-order valence-corrected chi connectivity index (χ0v) is 20.8. The summed E-state index contributed by atoms with van der Waals surface area (Å²) in [6, 6.07) is 18.4. The fourth-order valence-corrected chi connectivity index (χ4v) is 3.61. The third kappa shape index (κ3) is 6.58. The zero-order chi connectivity index (χ0) is 22.9. The van der Waals surface area contributed by atoms with Crippen LogP contribution in [0.5, 0.6) is 17.2 Å².